The Balaban J connectivity index is 2.73. The van der Waals surface area contributed by atoms with Gasteiger partial charge in [0.05, 0.1) is 11.6 Å². The normalized spacial score (nSPS) is 11.8. The number of esters is 1. The van der Waals surface area contributed by atoms with Crippen LogP contribution in [0.2, 0.25) is 30.7 Å². The molecule has 134 valence electrons. The average molecular weight is 375 g/mol. The molecule has 0 saturated carbocycles. The van der Waals surface area contributed by atoms with E-state index in [1.807, 2.05) is 0 Å². The second-order valence-corrected chi connectivity index (χ2v) is 12.3. The third kappa shape index (κ3) is 7.46. The predicted octanol–water partition coefficient (Wildman–Crippen LogP) is 4.75. The lowest BCUT2D eigenvalue weighted by Gasteiger charge is -2.16. The molecule has 0 unspecified atom stereocenters. The summed E-state index contributed by atoms with van der Waals surface area (Å²) in [6.45, 7) is 9.38. The maximum Gasteiger partial charge on any atom is 0.330 e. The van der Waals surface area contributed by atoms with Gasteiger partial charge in [0.1, 0.15) is 11.6 Å². The van der Waals surface area contributed by atoms with Crippen LogP contribution in [0, 0.1) is 5.82 Å². The van der Waals surface area contributed by atoms with Crippen LogP contribution in [0.15, 0.2) is 18.2 Å². The number of halogens is 2. The van der Waals surface area contributed by atoms with E-state index in [0.717, 1.165) is 6.04 Å². The van der Waals surface area contributed by atoms with Gasteiger partial charge in [0.25, 0.3) is 0 Å². The van der Waals surface area contributed by atoms with Crippen molar-refractivity contribution in [3.63, 3.8) is 0 Å². The minimum atomic E-state index is -1.16. The summed E-state index contributed by atoms with van der Waals surface area (Å²) in [7, 11) is -1.16. The standard InChI is InChI=1S/C17H24ClFO4Si/c1-5-22-16(20)9-6-13-15(8-7-14(19)17(13)18)23-12-21-10-11-24(2,3)4/h6-9H,5,10-12H2,1-4H3/b9-6+. The molecule has 0 heterocycles. The minimum absolute atomic E-state index is 0.0344. The number of hydrogen-bond acceptors (Lipinski definition) is 4. The van der Waals surface area contributed by atoms with Crippen LogP contribution in [0.25, 0.3) is 6.08 Å². The van der Waals surface area contributed by atoms with Crippen LogP contribution in [0.4, 0.5) is 4.39 Å². The Morgan fingerprint density at radius 3 is 2.67 bits per heavy atom. The van der Waals surface area contributed by atoms with Gasteiger partial charge in [-0.05, 0) is 31.2 Å². The van der Waals surface area contributed by atoms with Gasteiger partial charge in [0.15, 0.2) is 6.79 Å². The zero-order valence-electron chi connectivity index (χ0n) is 14.5. The second kappa shape index (κ2) is 9.81. The third-order valence-electron chi connectivity index (χ3n) is 3.06. The van der Waals surface area contributed by atoms with Crippen LogP contribution >= 0.6 is 11.6 Å². The molecule has 24 heavy (non-hydrogen) atoms. The molecule has 0 fully saturated rings. The molecule has 1 rings (SSSR count). The fourth-order valence-electron chi connectivity index (χ4n) is 1.71. The van der Waals surface area contributed by atoms with Gasteiger partial charge in [-0.15, -0.1) is 0 Å². The van der Waals surface area contributed by atoms with E-state index in [9.17, 15) is 9.18 Å². The first kappa shape index (κ1) is 20.7. The zero-order valence-corrected chi connectivity index (χ0v) is 16.3. The third-order valence-corrected chi connectivity index (χ3v) is 5.15. The Morgan fingerprint density at radius 2 is 2.04 bits per heavy atom. The molecule has 0 spiro atoms. The summed E-state index contributed by atoms with van der Waals surface area (Å²) in [5, 5.41) is -0.116. The first-order valence-electron chi connectivity index (χ1n) is 7.78. The molecule has 0 amide bonds. The van der Waals surface area contributed by atoms with Crippen molar-refractivity contribution in [3.8, 4) is 5.75 Å². The SMILES string of the molecule is CCOC(=O)/C=C/c1c(OCOCC[Si](C)(C)C)ccc(F)c1Cl. The lowest BCUT2D eigenvalue weighted by Crippen LogP contribution is -2.22. The van der Waals surface area contributed by atoms with Gasteiger partial charge in [-0.2, -0.15) is 0 Å². The monoisotopic (exact) mass is 374 g/mol. The van der Waals surface area contributed by atoms with E-state index in [-0.39, 0.29) is 24.0 Å². The summed E-state index contributed by atoms with van der Waals surface area (Å²) in [4.78, 5) is 11.4. The summed E-state index contributed by atoms with van der Waals surface area (Å²) in [5.74, 6) is -0.780. The topological polar surface area (TPSA) is 44.8 Å². The highest BCUT2D eigenvalue weighted by atomic mass is 35.5. The van der Waals surface area contributed by atoms with Gasteiger partial charge >= 0.3 is 5.97 Å². The number of ether oxygens (including phenoxy) is 3. The van der Waals surface area contributed by atoms with Gasteiger partial charge in [-0.25, -0.2) is 9.18 Å². The Bertz CT molecular complexity index is 585. The number of benzene rings is 1. The number of carbonyl (C=O) groups excluding carboxylic acids is 1. The van der Waals surface area contributed by atoms with Gasteiger partial charge in [0.2, 0.25) is 0 Å². The van der Waals surface area contributed by atoms with E-state index in [0.29, 0.717) is 12.4 Å². The van der Waals surface area contributed by atoms with Crippen LogP contribution in [0.5, 0.6) is 5.75 Å². The molecule has 0 atom stereocenters. The Labute approximate surface area is 148 Å². The molecule has 0 aliphatic heterocycles. The van der Waals surface area contributed by atoms with E-state index in [1.165, 1.54) is 24.3 Å². The van der Waals surface area contributed by atoms with Crippen LogP contribution < -0.4 is 4.74 Å². The molecule has 1 aromatic rings. The average Bonchev–Trinajstić information content (AvgIpc) is 2.49. The van der Waals surface area contributed by atoms with Crippen LogP contribution in [0.1, 0.15) is 12.5 Å². The zero-order chi connectivity index (χ0) is 18.2. The molecule has 0 aliphatic carbocycles. The van der Waals surface area contributed by atoms with Gasteiger partial charge in [-0.3, -0.25) is 0 Å². The second-order valence-electron chi connectivity index (χ2n) is 6.34. The number of rotatable bonds is 9. The van der Waals surface area contributed by atoms with Crippen molar-refractivity contribution in [2.45, 2.75) is 32.6 Å². The Hall–Kier alpha value is -1.37. The Morgan fingerprint density at radius 1 is 1.33 bits per heavy atom. The molecule has 0 bridgehead atoms. The molecule has 4 nitrogen and oxygen atoms in total. The lowest BCUT2D eigenvalue weighted by molar-refractivity contribution is -0.137. The molecule has 0 aliphatic rings. The predicted molar refractivity (Wildman–Crippen MR) is 96.7 cm³/mol. The van der Waals surface area contributed by atoms with Crippen molar-refractivity contribution in [2.24, 2.45) is 0 Å². The van der Waals surface area contributed by atoms with Crippen molar-refractivity contribution >= 4 is 31.7 Å². The summed E-state index contributed by atoms with van der Waals surface area (Å²) in [6.07, 6.45) is 2.56. The summed E-state index contributed by atoms with van der Waals surface area (Å²) in [6, 6.07) is 3.69. The lowest BCUT2D eigenvalue weighted by atomic mass is 10.1. The molecular weight excluding hydrogens is 351 g/mol. The highest BCUT2D eigenvalue weighted by molar-refractivity contribution is 6.76. The molecular formula is C17H24ClFO4Si. The molecule has 1 aromatic carbocycles. The van der Waals surface area contributed by atoms with Crippen molar-refractivity contribution in [1.82, 2.24) is 0 Å². The molecule has 0 saturated heterocycles. The molecule has 7 heteroatoms. The summed E-state index contributed by atoms with van der Waals surface area (Å²) >= 11 is 5.97. The van der Waals surface area contributed by atoms with Gasteiger partial charge in [0, 0.05) is 26.3 Å². The van der Waals surface area contributed by atoms with Gasteiger partial charge < -0.3 is 14.2 Å². The quantitative estimate of drug-likeness (QED) is 0.206. The highest BCUT2D eigenvalue weighted by Crippen LogP contribution is 2.30. The summed E-state index contributed by atoms with van der Waals surface area (Å²) < 4.78 is 29.4. The van der Waals surface area contributed by atoms with Crippen LogP contribution in [-0.4, -0.2) is 34.0 Å². The van der Waals surface area contributed by atoms with Crippen LogP contribution in [0.3, 0.4) is 0 Å². The van der Waals surface area contributed by atoms with E-state index in [2.05, 4.69) is 19.6 Å². The molecule has 0 radical (unpaired) electrons. The van der Waals surface area contributed by atoms with Gasteiger partial charge in [-0.1, -0.05) is 31.2 Å². The molecule has 0 aromatic heterocycles. The van der Waals surface area contributed by atoms with E-state index in [4.69, 9.17) is 25.8 Å². The highest BCUT2D eigenvalue weighted by Gasteiger charge is 2.13. The van der Waals surface area contributed by atoms with E-state index >= 15 is 0 Å². The first-order chi connectivity index (χ1) is 11.2. The smallest absolute Gasteiger partial charge is 0.330 e. The number of hydrogen-bond donors (Lipinski definition) is 0. The largest absolute Gasteiger partial charge is 0.467 e. The number of carbonyl (C=O) groups is 1. The summed E-state index contributed by atoms with van der Waals surface area (Å²) in [5.41, 5.74) is 0.276. The van der Waals surface area contributed by atoms with Crippen molar-refractivity contribution in [2.75, 3.05) is 20.0 Å². The first-order valence-corrected chi connectivity index (χ1v) is 11.9. The van der Waals surface area contributed by atoms with Crippen molar-refractivity contribution < 1.29 is 23.4 Å². The Kier molecular flexibility index (Phi) is 8.45. The molecule has 0 N–H and O–H groups in total. The van der Waals surface area contributed by atoms with Crippen molar-refractivity contribution in [1.29, 1.82) is 0 Å². The van der Waals surface area contributed by atoms with Crippen molar-refractivity contribution in [3.05, 3.63) is 34.6 Å². The van der Waals surface area contributed by atoms with E-state index in [1.54, 1.807) is 6.92 Å². The van der Waals surface area contributed by atoms with Crippen LogP contribution in [-0.2, 0) is 14.3 Å². The minimum Gasteiger partial charge on any atom is -0.467 e. The fraction of sp³-hybridized carbons (Fsp3) is 0.471. The van der Waals surface area contributed by atoms with E-state index < -0.39 is 19.9 Å². The maximum atomic E-state index is 13.6. The maximum absolute atomic E-state index is 13.6. The fourth-order valence-corrected chi connectivity index (χ4v) is 2.69.